The van der Waals surface area contributed by atoms with Gasteiger partial charge >= 0.3 is 6.18 Å². The summed E-state index contributed by atoms with van der Waals surface area (Å²) in [5.41, 5.74) is 29.2. The first-order chi connectivity index (χ1) is 15.3. The Morgan fingerprint density at radius 1 is 1.18 bits per heavy atom. The topological polar surface area (TPSA) is 184 Å². The standard InChI is InChI=1S/C21H29F3N8O/c1-10(12-5-13(21(22,23)24)7-14(26)6-12)32-19(29)15(18(28)20(33)31-4)8-17(27)16(9-25)11(2)30-3/h5-10H,25-28H2,1-4H3,(H2,29,32)(H,31,33)/b16-9?,17-8-,18-15+,30-11?/t10-/m1/s1. The van der Waals surface area contributed by atoms with Crippen molar-refractivity contribution >= 4 is 23.1 Å². The largest absolute Gasteiger partial charge is 0.416 e. The number of halogens is 3. The van der Waals surface area contributed by atoms with Crippen LogP contribution in [0, 0.1) is 0 Å². The van der Waals surface area contributed by atoms with Crippen molar-refractivity contribution in [3.05, 3.63) is 64.1 Å². The Morgan fingerprint density at radius 2 is 1.79 bits per heavy atom. The van der Waals surface area contributed by atoms with Gasteiger partial charge in [-0.1, -0.05) is 0 Å². The zero-order valence-corrected chi connectivity index (χ0v) is 18.8. The third-order valence-electron chi connectivity index (χ3n) is 4.66. The molecule has 1 aromatic rings. The van der Waals surface area contributed by atoms with E-state index in [1.807, 2.05) is 0 Å². The van der Waals surface area contributed by atoms with Gasteiger partial charge in [-0.15, -0.1) is 0 Å². The number of carbonyl (C=O) groups is 1. The summed E-state index contributed by atoms with van der Waals surface area (Å²) in [6.45, 7) is 3.18. The molecule has 0 saturated heterocycles. The van der Waals surface area contributed by atoms with Gasteiger partial charge in [0.15, 0.2) is 0 Å². The molecule has 0 aliphatic heterocycles. The molecule has 0 radical (unpaired) electrons. The number of rotatable bonds is 7. The zero-order chi connectivity index (χ0) is 25.5. The number of amidine groups is 1. The van der Waals surface area contributed by atoms with E-state index in [9.17, 15) is 18.0 Å². The van der Waals surface area contributed by atoms with Crippen molar-refractivity contribution in [1.29, 1.82) is 0 Å². The van der Waals surface area contributed by atoms with E-state index in [4.69, 9.17) is 28.7 Å². The van der Waals surface area contributed by atoms with Crippen LogP contribution in [0.3, 0.4) is 0 Å². The van der Waals surface area contributed by atoms with Crippen LogP contribution in [-0.4, -0.2) is 31.5 Å². The minimum Gasteiger partial charge on any atom is -0.404 e. The lowest BCUT2D eigenvalue weighted by Crippen LogP contribution is -2.30. The smallest absolute Gasteiger partial charge is 0.404 e. The first-order valence-electron chi connectivity index (χ1n) is 9.63. The lowest BCUT2D eigenvalue weighted by molar-refractivity contribution is -0.137. The summed E-state index contributed by atoms with van der Waals surface area (Å²) in [4.78, 5) is 20.4. The van der Waals surface area contributed by atoms with Gasteiger partial charge in [0.1, 0.15) is 11.5 Å². The number of allylic oxidation sites excluding steroid dienone is 1. The highest BCUT2D eigenvalue weighted by atomic mass is 19.4. The number of hydrogen-bond donors (Lipinski definition) is 6. The SMILES string of the molecule is CN=C(C)C(=CN)/C(N)=C/C(C(N)=N[C@H](C)c1cc(N)cc(C(F)(F)F)c1)=C(\N)C(=O)NC. The van der Waals surface area contributed by atoms with Crippen molar-refractivity contribution in [1.82, 2.24) is 5.32 Å². The number of hydrogen-bond acceptors (Lipinski definition) is 7. The molecule has 33 heavy (non-hydrogen) atoms. The van der Waals surface area contributed by atoms with Crippen molar-refractivity contribution in [3.8, 4) is 0 Å². The molecule has 9 nitrogen and oxygen atoms in total. The molecule has 1 atom stereocenters. The number of anilines is 1. The number of amides is 1. The summed E-state index contributed by atoms with van der Waals surface area (Å²) in [6, 6.07) is 2.23. The molecule has 180 valence electrons. The van der Waals surface area contributed by atoms with Crippen molar-refractivity contribution in [2.75, 3.05) is 19.8 Å². The Labute approximate surface area is 190 Å². The number of nitrogens with two attached hydrogens (primary N) is 5. The third-order valence-corrected chi connectivity index (χ3v) is 4.66. The van der Waals surface area contributed by atoms with Crippen LogP contribution in [0.5, 0.6) is 0 Å². The van der Waals surface area contributed by atoms with E-state index in [0.29, 0.717) is 11.3 Å². The molecule has 1 amide bonds. The van der Waals surface area contributed by atoms with Crippen molar-refractivity contribution in [2.24, 2.45) is 32.9 Å². The Morgan fingerprint density at radius 3 is 2.27 bits per heavy atom. The summed E-state index contributed by atoms with van der Waals surface area (Å²) in [6.07, 6.45) is -2.07. The molecular formula is C21H29F3N8O. The fraction of sp³-hybridized carbons (Fsp3) is 0.286. The second-order valence-corrected chi connectivity index (χ2v) is 6.97. The fourth-order valence-corrected chi connectivity index (χ4v) is 2.76. The first-order valence-corrected chi connectivity index (χ1v) is 9.63. The Kier molecular flexibility index (Phi) is 9.08. The molecule has 0 bridgehead atoms. The summed E-state index contributed by atoms with van der Waals surface area (Å²) in [7, 11) is 2.90. The second kappa shape index (κ2) is 11.1. The van der Waals surface area contributed by atoms with Gasteiger partial charge in [0, 0.05) is 48.5 Å². The summed E-state index contributed by atoms with van der Waals surface area (Å²) in [5, 5.41) is 2.36. The van der Waals surface area contributed by atoms with Crippen molar-refractivity contribution in [3.63, 3.8) is 0 Å². The van der Waals surface area contributed by atoms with E-state index < -0.39 is 23.7 Å². The van der Waals surface area contributed by atoms with Crippen molar-refractivity contribution < 1.29 is 18.0 Å². The van der Waals surface area contributed by atoms with Gasteiger partial charge in [-0.25, -0.2) is 0 Å². The molecular weight excluding hydrogens is 437 g/mol. The normalized spacial score (nSPS) is 15.7. The van der Waals surface area contributed by atoms with Gasteiger partial charge in [0.2, 0.25) is 0 Å². The van der Waals surface area contributed by atoms with Gasteiger partial charge in [0.05, 0.1) is 11.6 Å². The molecule has 1 aromatic carbocycles. The minimum atomic E-state index is -4.59. The van der Waals surface area contributed by atoms with Crippen LogP contribution in [0.4, 0.5) is 18.9 Å². The van der Waals surface area contributed by atoms with E-state index >= 15 is 0 Å². The zero-order valence-electron chi connectivity index (χ0n) is 18.8. The van der Waals surface area contributed by atoms with E-state index in [2.05, 4.69) is 15.3 Å². The molecule has 0 aliphatic carbocycles. The van der Waals surface area contributed by atoms with Gasteiger partial charge < -0.3 is 34.0 Å². The van der Waals surface area contributed by atoms with E-state index in [0.717, 1.165) is 12.1 Å². The summed E-state index contributed by atoms with van der Waals surface area (Å²) >= 11 is 0. The maximum absolute atomic E-state index is 13.2. The number of nitrogens with zero attached hydrogens (tertiary/aromatic N) is 2. The Bertz CT molecular complexity index is 1050. The molecule has 11 N–H and O–H groups in total. The predicted molar refractivity (Wildman–Crippen MR) is 125 cm³/mol. The van der Waals surface area contributed by atoms with Gasteiger partial charge in [0.25, 0.3) is 5.91 Å². The summed E-state index contributed by atoms with van der Waals surface area (Å²) in [5.74, 6) is -0.896. The molecule has 0 fully saturated rings. The number of aliphatic imine (C=N–C) groups is 2. The highest BCUT2D eigenvalue weighted by molar-refractivity contribution is 6.09. The lowest BCUT2D eigenvalue weighted by atomic mass is 10.0. The summed E-state index contributed by atoms with van der Waals surface area (Å²) < 4.78 is 39.5. The Balaban J connectivity index is 3.61. The molecule has 12 heteroatoms. The van der Waals surface area contributed by atoms with Crippen LogP contribution in [0.25, 0.3) is 0 Å². The number of alkyl halides is 3. The molecule has 0 saturated carbocycles. The average molecular weight is 467 g/mol. The maximum atomic E-state index is 13.2. The quantitative estimate of drug-likeness (QED) is 0.116. The molecule has 1 rings (SSSR count). The number of carbonyl (C=O) groups excluding carboxylic acids is 1. The highest BCUT2D eigenvalue weighted by Crippen LogP contribution is 2.33. The predicted octanol–water partition coefficient (Wildman–Crippen LogP) is 1.44. The van der Waals surface area contributed by atoms with E-state index in [1.165, 1.54) is 32.3 Å². The van der Waals surface area contributed by atoms with Crippen LogP contribution < -0.4 is 34.0 Å². The van der Waals surface area contributed by atoms with Crippen LogP contribution in [0.15, 0.2) is 63.0 Å². The minimum absolute atomic E-state index is 0.0399. The third kappa shape index (κ3) is 7.02. The van der Waals surface area contributed by atoms with Gasteiger partial charge in [-0.05, 0) is 43.7 Å². The van der Waals surface area contributed by atoms with Crippen LogP contribution in [0.1, 0.15) is 31.0 Å². The molecule has 0 aromatic heterocycles. The van der Waals surface area contributed by atoms with Crippen LogP contribution in [-0.2, 0) is 11.0 Å². The van der Waals surface area contributed by atoms with Crippen LogP contribution >= 0.6 is 0 Å². The Hall–Kier alpha value is -3.96. The molecule has 0 heterocycles. The molecule has 0 unspecified atom stereocenters. The van der Waals surface area contributed by atoms with E-state index in [-0.39, 0.29) is 34.1 Å². The lowest BCUT2D eigenvalue weighted by Gasteiger charge is -2.15. The number of likely N-dealkylation sites (N-methyl/N-ethyl adjacent to an activating group) is 1. The average Bonchev–Trinajstić information content (AvgIpc) is 2.75. The fourth-order valence-electron chi connectivity index (χ4n) is 2.76. The maximum Gasteiger partial charge on any atom is 0.416 e. The number of benzene rings is 1. The number of nitrogens with one attached hydrogen (secondary N) is 1. The number of nitrogen functional groups attached to an aromatic ring is 1. The monoisotopic (exact) mass is 466 g/mol. The molecule has 0 aliphatic rings. The van der Waals surface area contributed by atoms with Gasteiger partial charge in [-0.3, -0.25) is 14.8 Å². The first kappa shape index (κ1) is 27.1. The van der Waals surface area contributed by atoms with E-state index in [1.54, 1.807) is 14.0 Å². The van der Waals surface area contributed by atoms with Crippen LogP contribution in [0.2, 0.25) is 0 Å². The highest BCUT2D eigenvalue weighted by Gasteiger charge is 2.31. The second-order valence-electron chi connectivity index (χ2n) is 6.97. The van der Waals surface area contributed by atoms with Crippen molar-refractivity contribution in [2.45, 2.75) is 26.1 Å². The van der Waals surface area contributed by atoms with Gasteiger partial charge in [-0.2, -0.15) is 13.2 Å². The molecule has 0 spiro atoms.